The highest BCUT2D eigenvalue weighted by molar-refractivity contribution is 5.98. The van der Waals surface area contributed by atoms with Crippen LogP contribution >= 0.6 is 0 Å². The van der Waals surface area contributed by atoms with Crippen LogP contribution in [0.1, 0.15) is 72.3 Å². The van der Waals surface area contributed by atoms with Gasteiger partial charge in [0.05, 0.1) is 17.9 Å². The number of nitrogens with one attached hydrogen (secondary N) is 1. The monoisotopic (exact) mass is 500 g/mol. The molecule has 0 spiro atoms. The van der Waals surface area contributed by atoms with E-state index in [2.05, 4.69) is 4.98 Å². The Hall–Kier alpha value is -3.34. The van der Waals surface area contributed by atoms with E-state index in [9.17, 15) is 22.8 Å². The van der Waals surface area contributed by atoms with Crippen LogP contribution in [0.5, 0.6) is 0 Å². The molecule has 0 unspecified atom stereocenters. The lowest BCUT2D eigenvalue weighted by Crippen LogP contribution is -2.76. The van der Waals surface area contributed by atoms with Gasteiger partial charge in [-0.1, -0.05) is 24.6 Å². The van der Waals surface area contributed by atoms with Crippen LogP contribution in [0.2, 0.25) is 0 Å². The first kappa shape index (κ1) is 29.7. The standard InChI is InChI=1S/C22H30N2O4.C2HF3O2/c1-7-16-18(20(25)27-8-2)17(13-23-15-11-9-14(3)10-12-15)24-19(16)21(26)28-22(4,5)6;3-2(4,5)1(6)7/h9-12,23-24H,7-8,13H2,1-6H3;(H,6,7). The zero-order valence-electron chi connectivity index (χ0n) is 20.6. The van der Waals surface area contributed by atoms with Gasteiger partial charge in [-0.25, -0.2) is 9.59 Å². The third-order valence-electron chi connectivity index (χ3n) is 4.47. The maximum Gasteiger partial charge on any atom is 0.430 e. The van der Waals surface area contributed by atoms with Gasteiger partial charge in [-0.05, 0) is 58.7 Å². The van der Waals surface area contributed by atoms with Crippen LogP contribution in [0, 0.1) is 6.92 Å². The van der Waals surface area contributed by atoms with Gasteiger partial charge in [0, 0.05) is 0 Å². The number of quaternary nitrogens is 1. The highest BCUT2D eigenvalue weighted by Crippen LogP contribution is 2.24. The number of esters is 2. The second-order valence-corrected chi connectivity index (χ2v) is 8.51. The van der Waals surface area contributed by atoms with Gasteiger partial charge in [0.25, 0.3) is 0 Å². The van der Waals surface area contributed by atoms with E-state index in [4.69, 9.17) is 19.4 Å². The van der Waals surface area contributed by atoms with Crippen LogP contribution in [0.4, 0.5) is 18.9 Å². The third-order valence-corrected chi connectivity index (χ3v) is 4.47. The van der Waals surface area contributed by atoms with E-state index in [0.717, 1.165) is 5.69 Å². The summed E-state index contributed by atoms with van der Waals surface area (Å²) in [6.07, 6.45) is -4.68. The van der Waals surface area contributed by atoms with Crippen LogP contribution in [0.3, 0.4) is 0 Å². The molecule has 1 heterocycles. The van der Waals surface area contributed by atoms with Crippen molar-refractivity contribution in [2.45, 2.75) is 66.3 Å². The minimum absolute atomic E-state index is 0.274. The van der Waals surface area contributed by atoms with Crippen LogP contribution in [-0.4, -0.2) is 41.3 Å². The molecule has 11 heteroatoms. The zero-order valence-corrected chi connectivity index (χ0v) is 20.6. The first-order valence-corrected chi connectivity index (χ1v) is 10.9. The summed E-state index contributed by atoms with van der Waals surface area (Å²) in [6, 6.07) is 8.13. The van der Waals surface area contributed by atoms with Crippen molar-refractivity contribution in [3.8, 4) is 0 Å². The van der Waals surface area contributed by atoms with E-state index in [1.807, 2.05) is 64.2 Å². The lowest BCUT2D eigenvalue weighted by Gasteiger charge is -2.19. The minimum atomic E-state index is -5.19. The molecular formula is C24H31F3N2O6. The molecule has 0 saturated carbocycles. The molecule has 194 valence electrons. The molecule has 0 amide bonds. The van der Waals surface area contributed by atoms with Crippen LogP contribution in [0.25, 0.3) is 0 Å². The molecule has 35 heavy (non-hydrogen) atoms. The largest absolute Gasteiger partial charge is 0.542 e. The number of H-pyrrole nitrogens is 1. The molecule has 0 saturated heterocycles. The molecule has 1 aromatic heterocycles. The zero-order chi connectivity index (χ0) is 27.0. The number of hydrogen-bond acceptors (Lipinski definition) is 6. The van der Waals surface area contributed by atoms with Gasteiger partial charge in [0.15, 0.2) is 0 Å². The number of halogens is 3. The molecule has 1 aromatic carbocycles. The predicted molar refractivity (Wildman–Crippen MR) is 119 cm³/mol. The summed E-state index contributed by atoms with van der Waals surface area (Å²) in [5, 5.41) is 10.8. The van der Waals surface area contributed by atoms with E-state index in [1.54, 1.807) is 6.92 Å². The number of rotatable bonds is 7. The Bertz CT molecular complexity index is 1020. The number of hydrogen-bond donors (Lipinski definition) is 2. The van der Waals surface area contributed by atoms with Crippen molar-refractivity contribution < 1.29 is 47.5 Å². The van der Waals surface area contributed by atoms with Gasteiger partial charge in [-0.2, -0.15) is 13.2 Å². The highest BCUT2D eigenvalue weighted by atomic mass is 19.4. The normalized spacial score (nSPS) is 11.3. The number of aryl methyl sites for hydroxylation is 1. The highest BCUT2D eigenvalue weighted by Gasteiger charge is 2.30. The maximum absolute atomic E-state index is 12.7. The number of aromatic amines is 1. The Morgan fingerprint density at radius 3 is 2.00 bits per heavy atom. The number of ether oxygens (including phenoxy) is 2. The van der Waals surface area contributed by atoms with Gasteiger partial charge in [0.2, 0.25) is 0 Å². The Balaban J connectivity index is 0.000000762. The number of carbonyl (C=O) groups excluding carboxylic acids is 3. The number of aliphatic carboxylic acids is 1. The average Bonchev–Trinajstić information content (AvgIpc) is 3.11. The van der Waals surface area contributed by atoms with E-state index in [0.29, 0.717) is 35.5 Å². The maximum atomic E-state index is 12.7. The van der Waals surface area contributed by atoms with Gasteiger partial charge in [-0.3, -0.25) is 0 Å². The summed E-state index contributed by atoms with van der Waals surface area (Å²) >= 11 is 0. The lowest BCUT2D eigenvalue weighted by atomic mass is 10.1. The lowest BCUT2D eigenvalue weighted by molar-refractivity contribution is -0.589. The SMILES string of the molecule is CCOC(=O)c1c(C[NH2+]c2ccc(C)cc2)[nH]c(C(=O)OC(C)(C)C)c1CC.O=C([O-])C(F)(F)F. The van der Waals surface area contributed by atoms with Crippen LogP contribution in [-0.2, 0) is 27.2 Å². The molecule has 2 rings (SSSR count). The number of nitrogens with two attached hydrogens (primary N) is 1. The van der Waals surface area contributed by atoms with Crippen molar-refractivity contribution in [3.05, 3.63) is 52.3 Å². The number of carboxylic acids is 1. The van der Waals surface area contributed by atoms with E-state index in [-0.39, 0.29) is 6.61 Å². The molecule has 2 aromatic rings. The first-order valence-electron chi connectivity index (χ1n) is 10.9. The summed E-state index contributed by atoms with van der Waals surface area (Å²) in [6.45, 7) is 11.9. The van der Waals surface area contributed by atoms with E-state index >= 15 is 0 Å². The molecule has 0 atom stereocenters. The first-order chi connectivity index (χ1) is 16.1. The molecule has 0 aliphatic heterocycles. The smallest absolute Gasteiger partial charge is 0.430 e. The third kappa shape index (κ3) is 9.44. The summed E-state index contributed by atoms with van der Waals surface area (Å²) in [5.41, 5.74) is 3.68. The number of carboxylic acid groups (broad SMARTS) is 1. The minimum Gasteiger partial charge on any atom is -0.542 e. The molecule has 0 aliphatic carbocycles. The number of alkyl halides is 3. The number of benzene rings is 1. The van der Waals surface area contributed by atoms with Crippen LogP contribution in [0.15, 0.2) is 24.3 Å². The van der Waals surface area contributed by atoms with E-state index < -0.39 is 29.7 Å². The predicted octanol–water partition coefficient (Wildman–Crippen LogP) is 2.71. The van der Waals surface area contributed by atoms with Crippen molar-refractivity contribution in [1.82, 2.24) is 4.98 Å². The van der Waals surface area contributed by atoms with Crippen molar-refractivity contribution >= 4 is 23.6 Å². The van der Waals surface area contributed by atoms with Gasteiger partial charge in [-0.15, -0.1) is 0 Å². The second kappa shape index (κ2) is 12.4. The number of aromatic nitrogens is 1. The Labute approximate surface area is 201 Å². The van der Waals surface area contributed by atoms with Crippen molar-refractivity contribution in [3.63, 3.8) is 0 Å². The van der Waals surface area contributed by atoms with E-state index in [1.165, 1.54) is 5.56 Å². The molecule has 0 radical (unpaired) electrons. The summed E-state index contributed by atoms with van der Waals surface area (Å²) < 4.78 is 42.3. The fourth-order valence-electron chi connectivity index (χ4n) is 2.98. The van der Waals surface area contributed by atoms with Crippen molar-refractivity contribution in [2.24, 2.45) is 0 Å². The number of carbonyl (C=O) groups is 3. The van der Waals surface area contributed by atoms with Crippen LogP contribution < -0.4 is 10.4 Å². The Morgan fingerprint density at radius 2 is 1.57 bits per heavy atom. The summed E-state index contributed by atoms with van der Waals surface area (Å²) in [7, 11) is 0. The van der Waals surface area contributed by atoms with Gasteiger partial charge >= 0.3 is 18.1 Å². The summed E-state index contributed by atoms with van der Waals surface area (Å²) in [5.74, 6) is -3.89. The van der Waals surface area contributed by atoms with Crippen molar-refractivity contribution in [1.29, 1.82) is 0 Å². The topological polar surface area (TPSA) is 125 Å². The summed E-state index contributed by atoms with van der Waals surface area (Å²) in [4.78, 5) is 37.2. The molecular weight excluding hydrogens is 469 g/mol. The Morgan fingerprint density at radius 1 is 1.03 bits per heavy atom. The fraction of sp³-hybridized carbons (Fsp3) is 0.458. The molecule has 0 bridgehead atoms. The fourth-order valence-corrected chi connectivity index (χ4v) is 2.98. The second-order valence-electron chi connectivity index (χ2n) is 8.51. The quantitative estimate of drug-likeness (QED) is 0.445. The van der Waals surface area contributed by atoms with Gasteiger partial charge in [0.1, 0.15) is 29.5 Å². The molecule has 0 aliphatic rings. The molecule has 0 fully saturated rings. The molecule has 8 nitrogen and oxygen atoms in total. The average molecular weight is 501 g/mol. The molecule has 3 N–H and O–H groups in total. The Kier molecular flexibility index (Phi) is 10.5. The van der Waals surface area contributed by atoms with Crippen molar-refractivity contribution in [2.75, 3.05) is 6.61 Å². The van der Waals surface area contributed by atoms with Gasteiger partial charge < -0.3 is 29.7 Å².